The zero-order valence-corrected chi connectivity index (χ0v) is 5.19. The van der Waals surface area contributed by atoms with Crippen LogP contribution in [0.1, 0.15) is 0 Å². The fraction of sp³-hybridized carbons (Fsp3) is 0. The molecule has 1 rings (SSSR count). The van der Waals surface area contributed by atoms with Crippen LogP contribution in [0.3, 0.4) is 0 Å². The van der Waals surface area contributed by atoms with Crippen molar-refractivity contribution < 1.29 is 14.6 Å². The van der Waals surface area contributed by atoms with E-state index in [2.05, 4.69) is 5.43 Å². The van der Waals surface area contributed by atoms with Crippen LogP contribution in [0.5, 0.6) is 0 Å². The van der Waals surface area contributed by atoms with Crippen molar-refractivity contribution in [3.05, 3.63) is 30.6 Å². The van der Waals surface area contributed by atoms with Crippen molar-refractivity contribution in [2.75, 3.05) is 5.43 Å². The maximum Gasteiger partial charge on any atom is 0.458 e. The molecule has 0 aliphatic carbocycles. The predicted molar refractivity (Wildman–Crippen MR) is 34.0 cm³/mol. The lowest BCUT2D eigenvalue weighted by Crippen LogP contribution is -2.46. The van der Waals surface area contributed by atoms with E-state index in [4.69, 9.17) is 5.11 Å². The van der Waals surface area contributed by atoms with Crippen molar-refractivity contribution in [3.8, 4) is 0 Å². The highest BCUT2D eigenvalue weighted by molar-refractivity contribution is 5.71. The van der Waals surface area contributed by atoms with Crippen LogP contribution in [0.15, 0.2) is 30.6 Å². The van der Waals surface area contributed by atoms with Gasteiger partial charge >= 0.3 is 6.09 Å². The number of carbonyl (C=O) groups is 1. The van der Waals surface area contributed by atoms with E-state index < -0.39 is 6.09 Å². The lowest BCUT2D eigenvalue weighted by atomic mass is 10.5. The second kappa shape index (κ2) is 2.82. The van der Waals surface area contributed by atoms with Gasteiger partial charge in [-0.2, -0.15) is 0 Å². The first-order valence-corrected chi connectivity index (χ1v) is 2.75. The van der Waals surface area contributed by atoms with E-state index in [1.807, 2.05) is 0 Å². The van der Waals surface area contributed by atoms with Gasteiger partial charge in [-0.15, -0.1) is 0 Å². The molecule has 1 heterocycles. The van der Waals surface area contributed by atoms with Crippen LogP contribution >= 0.6 is 0 Å². The minimum absolute atomic E-state index is 1.07. The minimum atomic E-state index is -1.07. The Morgan fingerprint density at radius 1 is 1.30 bits per heavy atom. The highest BCUT2D eigenvalue weighted by Crippen LogP contribution is 1.73. The van der Waals surface area contributed by atoms with E-state index in [0.717, 1.165) is 0 Å². The molecule has 0 unspecified atom stereocenters. The molecular formula is C6H7N2O2+. The molecule has 0 saturated heterocycles. The molecule has 1 amide bonds. The monoisotopic (exact) mass is 139 g/mol. The maximum absolute atomic E-state index is 10.0. The SMILES string of the molecule is O=C(O)N[n+]1ccccc1. The number of aromatic nitrogens is 1. The van der Waals surface area contributed by atoms with Gasteiger partial charge in [-0.25, -0.2) is 4.79 Å². The van der Waals surface area contributed by atoms with Crippen LogP contribution in [-0.4, -0.2) is 11.2 Å². The second-order valence-corrected chi connectivity index (χ2v) is 1.70. The standard InChI is InChI=1S/C6H6N2O2/c9-6(10)7-8-4-2-1-3-5-8/h1-5,7H/p+1. The number of carboxylic acid groups (broad SMARTS) is 1. The molecule has 0 fully saturated rings. The summed E-state index contributed by atoms with van der Waals surface area (Å²) in [6.45, 7) is 0. The summed E-state index contributed by atoms with van der Waals surface area (Å²) < 4.78 is 1.35. The van der Waals surface area contributed by atoms with Crippen molar-refractivity contribution in [1.29, 1.82) is 0 Å². The zero-order chi connectivity index (χ0) is 7.40. The van der Waals surface area contributed by atoms with Gasteiger partial charge in [-0.3, -0.25) is 0 Å². The first kappa shape index (κ1) is 6.54. The van der Waals surface area contributed by atoms with Crippen molar-refractivity contribution in [2.24, 2.45) is 0 Å². The Morgan fingerprint density at radius 3 is 2.40 bits per heavy atom. The normalized spacial score (nSPS) is 8.80. The molecule has 0 spiro atoms. The molecule has 2 N–H and O–H groups in total. The highest BCUT2D eigenvalue weighted by atomic mass is 16.4. The van der Waals surface area contributed by atoms with Crippen molar-refractivity contribution in [2.45, 2.75) is 0 Å². The third kappa shape index (κ3) is 1.74. The molecule has 52 valence electrons. The van der Waals surface area contributed by atoms with Crippen LogP contribution in [0.25, 0.3) is 0 Å². The number of nitrogens with one attached hydrogen (secondary N) is 1. The molecule has 0 atom stereocenters. The van der Waals surface area contributed by atoms with E-state index in [1.165, 1.54) is 4.68 Å². The smallest absolute Gasteiger partial charge is 0.458 e. The molecule has 0 bridgehead atoms. The molecular weight excluding hydrogens is 132 g/mol. The average Bonchev–Trinajstić information content (AvgIpc) is 1.88. The van der Waals surface area contributed by atoms with Gasteiger partial charge in [0.1, 0.15) is 0 Å². The van der Waals surface area contributed by atoms with E-state index >= 15 is 0 Å². The number of hydrogen-bond acceptors (Lipinski definition) is 1. The summed E-state index contributed by atoms with van der Waals surface area (Å²) in [6.07, 6.45) is 2.14. The third-order valence-electron chi connectivity index (χ3n) is 0.940. The zero-order valence-electron chi connectivity index (χ0n) is 5.19. The molecule has 0 saturated carbocycles. The molecule has 4 heteroatoms. The van der Waals surface area contributed by atoms with E-state index in [0.29, 0.717) is 0 Å². The summed E-state index contributed by atoms with van der Waals surface area (Å²) in [5.41, 5.74) is 2.14. The topological polar surface area (TPSA) is 53.2 Å². The number of nitrogens with zero attached hydrogens (tertiary/aromatic N) is 1. The van der Waals surface area contributed by atoms with Gasteiger partial charge < -0.3 is 5.11 Å². The first-order valence-electron chi connectivity index (χ1n) is 2.75. The Balaban J connectivity index is 2.67. The molecule has 0 aromatic carbocycles. The summed E-state index contributed by atoms with van der Waals surface area (Å²) in [5.74, 6) is 0. The first-order chi connectivity index (χ1) is 4.79. The third-order valence-corrected chi connectivity index (χ3v) is 0.940. The quantitative estimate of drug-likeness (QED) is 0.546. The van der Waals surface area contributed by atoms with Gasteiger partial charge in [0, 0.05) is 12.1 Å². The van der Waals surface area contributed by atoms with Crippen molar-refractivity contribution in [1.82, 2.24) is 0 Å². The second-order valence-electron chi connectivity index (χ2n) is 1.70. The van der Waals surface area contributed by atoms with Gasteiger partial charge in [0.15, 0.2) is 12.4 Å². The Labute approximate surface area is 57.7 Å². The summed E-state index contributed by atoms with van der Waals surface area (Å²) in [6, 6.07) is 5.27. The van der Waals surface area contributed by atoms with Gasteiger partial charge in [0.05, 0.1) is 0 Å². The largest absolute Gasteiger partial charge is 0.462 e. The Kier molecular flexibility index (Phi) is 1.84. The fourth-order valence-electron chi connectivity index (χ4n) is 0.584. The molecule has 0 aliphatic rings. The molecule has 0 aliphatic heterocycles. The van der Waals surface area contributed by atoms with Gasteiger partial charge in [0.2, 0.25) is 0 Å². The molecule has 1 aromatic heterocycles. The minimum Gasteiger partial charge on any atom is -0.462 e. The molecule has 10 heavy (non-hydrogen) atoms. The lowest BCUT2D eigenvalue weighted by Gasteiger charge is -1.89. The summed E-state index contributed by atoms with van der Waals surface area (Å²) in [7, 11) is 0. The van der Waals surface area contributed by atoms with Crippen LogP contribution < -0.4 is 10.1 Å². The van der Waals surface area contributed by atoms with E-state index in [1.54, 1.807) is 30.6 Å². The van der Waals surface area contributed by atoms with Gasteiger partial charge in [-0.1, -0.05) is 16.2 Å². The Hall–Kier alpha value is -1.58. The van der Waals surface area contributed by atoms with Gasteiger partial charge in [-0.05, 0) is 0 Å². The summed E-state index contributed by atoms with van der Waals surface area (Å²) >= 11 is 0. The van der Waals surface area contributed by atoms with Crippen LogP contribution in [-0.2, 0) is 0 Å². The number of hydrogen-bond donors (Lipinski definition) is 2. The lowest BCUT2D eigenvalue weighted by molar-refractivity contribution is -0.642. The van der Waals surface area contributed by atoms with E-state index in [-0.39, 0.29) is 0 Å². The number of pyridine rings is 1. The van der Waals surface area contributed by atoms with Crippen LogP contribution in [0.4, 0.5) is 4.79 Å². The number of amides is 1. The number of rotatable bonds is 1. The highest BCUT2D eigenvalue weighted by Gasteiger charge is 2.00. The predicted octanol–water partition coefficient (Wildman–Crippen LogP) is 0.196. The van der Waals surface area contributed by atoms with Crippen molar-refractivity contribution >= 4 is 6.09 Å². The van der Waals surface area contributed by atoms with E-state index in [9.17, 15) is 4.79 Å². The Bertz CT molecular complexity index is 222. The molecule has 1 aromatic rings. The fourth-order valence-corrected chi connectivity index (χ4v) is 0.584. The molecule has 4 nitrogen and oxygen atoms in total. The maximum atomic E-state index is 10.0. The summed E-state index contributed by atoms with van der Waals surface area (Å²) in [4.78, 5) is 10.0. The Morgan fingerprint density at radius 2 is 1.90 bits per heavy atom. The molecule has 0 radical (unpaired) electrons. The van der Waals surface area contributed by atoms with Crippen molar-refractivity contribution in [3.63, 3.8) is 0 Å². The average molecular weight is 139 g/mol. The summed E-state index contributed by atoms with van der Waals surface area (Å²) in [5, 5.41) is 8.23. The van der Waals surface area contributed by atoms with Gasteiger partial charge in [0.25, 0.3) is 0 Å². The van der Waals surface area contributed by atoms with Crippen LogP contribution in [0, 0.1) is 0 Å². The van der Waals surface area contributed by atoms with Crippen LogP contribution in [0.2, 0.25) is 0 Å².